The number of carbonyl (C=O) groups is 1. The fourth-order valence-electron chi connectivity index (χ4n) is 4.17. The predicted octanol–water partition coefficient (Wildman–Crippen LogP) is 0.942. The molecule has 9 heteroatoms. The number of amides is 1. The number of pyridine rings is 1. The van der Waals surface area contributed by atoms with Crippen LogP contribution in [0, 0.1) is 11.7 Å². The average molecular weight is 420 g/mol. The fourth-order valence-corrected chi connectivity index (χ4v) is 4.17. The molecule has 4 N–H and O–H groups in total. The maximum atomic E-state index is 14.0. The first-order chi connectivity index (χ1) is 14.6. The van der Waals surface area contributed by atoms with Gasteiger partial charge in [0.2, 0.25) is 5.91 Å². The summed E-state index contributed by atoms with van der Waals surface area (Å²) in [6.07, 6.45) is 5.38. The number of carbonyl (C=O) groups excluding carboxylic acids is 1. The van der Waals surface area contributed by atoms with Gasteiger partial charge in [-0.3, -0.25) is 9.79 Å². The van der Waals surface area contributed by atoms with Crippen LogP contribution in [-0.4, -0.2) is 73.6 Å². The zero-order valence-corrected chi connectivity index (χ0v) is 17.8. The second-order valence-corrected chi connectivity index (χ2v) is 8.04. The average Bonchev–Trinajstić information content (AvgIpc) is 3.20. The van der Waals surface area contributed by atoms with Gasteiger partial charge in [-0.25, -0.2) is 9.37 Å². The van der Waals surface area contributed by atoms with E-state index < -0.39 is 0 Å². The van der Waals surface area contributed by atoms with Gasteiger partial charge >= 0.3 is 0 Å². The van der Waals surface area contributed by atoms with E-state index in [0.717, 1.165) is 64.4 Å². The fraction of sp³-hybridized carbons (Fsp3) is 0.667. The number of halogens is 1. The maximum absolute atomic E-state index is 14.0. The Labute approximate surface area is 178 Å². The Bertz CT molecular complexity index is 729. The van der Waals surface area contributed by atoms with E-state index in [9.17, 15) is 9.18 Å². The number of piperidine rings is 1. The lowest BCUT2D eigenvalue weighted by molar-refractivity contribution is -0.123. The molecule has 2 fully saturated rings. The van der Waals surface area contributed by atoms with Crippen molar-refractivity contribution in [2.24, 2.45) is 16.6 Å². The molecule has 3 heterocycles. The first-order valence-corrected chi connectivity index (χ1v) is 11.0. The van der Waals surface area contributed by atoms with Crippen molar-refractivity contribution in [3.8, 4) is 0 Å². The molecule has 2 aliphatic rings. The van der Waals surface area contributed by atoms with Crippen molar-refractivity contribution in [1.29, 1.82) is 0 Å². The maximum Gasteiger partial charge on any atom is 0.221 e. The van der Waals surface area contributed by atoms with Gasteiger partial charge in [0.05, 0.1) is 5.92 Å². The van der Waals surface area contributed by atoms with Crippen LogP contribution in [0.3, 0.4) is 0 Å². The number of aromatic nitrogens is 1. The van der Waals surface area contributed by atoms with Gasteiger partial charge in [-0.2, -0.15) is 0 Å². The summed E-state index contributed by atoms with van der Waals surface area (Å²) < 4.78 is 14.0. The Kier molecular flexibility index (Phi) is 8.24. The number of guanidine groups is 1. The van der Waals surface area contributed by atoms with Crippen LogP contribution in [0.15, 0.2) is 23.3 Å². The molecule has 1 aromatic rings. The smallest absolute Gasteiger partial charge is 0.221 e. The summed E-state index contributed by atoms with van der Waals surface area (Å²) >= 11 is 0. The van der Waals surface area contributed by atoms with Crippen molar-refractivity contribution in [3.63, 3.8) is 0 Å². The van der Waals surface area contributed by atoms with Gasteiger partial charge in [0, 0.05) is 45.0 Å². The molecule has 0 aromatic carbocycles. The molecule has 8 nitrogen and oxygen atoms in total. The molecule has 2 saturated heterocycles. The lowest BCUT2D eigenvalue weighted by Crippen LogP contribution is -2.45. The van der Waals surface area contributed by atoms with Crippen molar-refractivity contribution in [3.05, 3.63) is 24.1 Å². The van der Waals surface area contributed by atoms with E-state index >= 15 is 0 Å². The van der Waals surface area contributed by atoms with Crippen molar-refractivity contribution in [2.45, 2.75) is 38.6 Å². The van der Waals surface area contributed by atoms with Crippen molar-refractivity contribution in [2.75, 3.05) is 50.7 Å². The molecular weight excluding hydrogens is 385 g/mol. The van der Waals surface area contributed by atoms with E-state index in [1.165, 1.54) is 6.07 Å². The summed E-state index contributed by atoms with van der Waals surface area (Å²) in [5.41, 5.74) is 5.46. The van der Waals surface area contributed by atoms with E-state index in [2.05, 4.69) is 20.5 Å². The second-order valence-electron chi connectivity index (χ2n) is 8.04. The normalized spacial score (nSPS) is 22.9. The molecule has 0 radical (unpaired) electrons. The first kappa shape index (κ1) is 22.3. The molecule has 0 spiro atoms. The molecule has 2 atom stereocenters. The molecule has 1 amide bonds. The van der Waals surface area contributed by atoms with Gasteiger partial charge in [0.15, 0.2) is 17.6 Å². The van der Waals surface area contributed by atoms with Gasteiger partial charge in [-0.1, -0.05) is 0 Å². The highest BCUT2D eigenvalue weighted by molar-refractivity contribution is 5.80. The Balaban J connectivity index is 1.44. The zero-order valence-electron chi connectivity index (χ0n) is 17.8. The van der Waals surface area contributed by atoms with Crippen LogP contribution >= 0.6 is 0 Å². The molecule has 3 rings (SSSR count). The minimum atomic E-state index is -0.282. The number of hydrogen-bond acceptors (Lipinski definition) is 5. The van der Waals surface area contributed by atoms with Crippen molar-refractivity contribution >= 4 is 17.7 Å². The summed E-state index contributed by atoms with van der Waals surface area (Å²) in [4.78, 5) is 24.6. The van der Waals surface area contributed by atoms with Crippen LogP contribution < -0.4 is 21.3 Å². The number of nitrogens with two attached hydrogens (primary N) is 1. The van der Waals surface area contributed by atoms with Crippen LogP contribution in [0.2, 0.25) is 0 Å². The quantitative estimate of drug-likeness (QED) is 0.330. The highest BCUT2D eigenvalue weighted by Crippen LogP contribution is 2.20. The number of rotatable bonds is 8. The standard InChI is InChI=1S/C21H34FN7O/c1-2-24-21(26-10-5-12-28-11-4-6-16(14-28)19(23)30)27-17-8-13-29(15-17)20-18(22)7-3-9-25-20/h3,7,9,16-17H,2,4-6,8,10-15H2,1H3,(H2,23,30)(H2,24,26,27). The van der Waals surface area contributed by atoms with E-state index in [4.69, 9.17) is 10.7 Å². The van der Waals surface area contributed by atoms with Crippen molar-refractivity contribution < 1.29 is 9.18 Å². The molecular formula is C21H34FN7O. The van der Waals surface area contributed by atoms with E-state index in [1.54, 1.807) is 12.3 Å². The molecule has 0 saturated carbocycles. The number of aliphatic imine (C=N–C) groups is 1. The summed E-state index contributed by atoms with van der Waals surface area (Å²) in [7, 11) is 0. The largest absolute Gasteiger partial charge is 0.369 e. The number of anilines is 1. The van der Waals surface area contributed by atoms with E-state index in [1.807, 2.05) is 11.8 Å². The minimum absolute atomic E-state index is 0.0181. The first-order valence-electron chi connectivity index (χ1n) is 11.0. The predicted molar refractivity (Wildman–Crippen MR) is 117 cm³/mol. The van der Waals surface area contributed by atoms with Crippen LogP contribution in [0.25, 0.3) is 0 Å². The molecule has 1 aromatic heterocycles. The molecule has 2 unspecified atom stereocenters. The number of hydrogen-bond donors (Lipinski definition) is 3. The second kappa shape index (κ2) is 11.1. The lowest BCUT2D eigenvalue weighted by atomic mass is 9.97. The van der Waals surface area contributed by atoms with Gasteiger partial charge in [0.25, 0.3) is 0 Å². The zero-order chi connectivity index (χ0) is 21.3. The topological polar surface area (TPSA) is 98.9 Å². The third-order valence-electron chi connectivity index (χ3n) is 5.72. The number of primary amides is 1. The third kappa shape index (κ3) is 6.29. The van der Waals surface area contributed by atoms with E-state index in [0.29, 0.717) is 18.9 Å². The Morgan fingerprint density at radius 1 is 1.37 bits per heavy atom. The van der Waals surface area contributed by atoms with Crippen LogP contribution in [0.4, 0.5) is 10.2 Å². The molecule has 30 heavy (non-hydrogen) atoms. The number of nitrogens with one attached hydrogen (secondary N) is 2. The van der Waals surface area contributed by atoms with Gasteiger partial charge in [0.1, 0.15) is 0 Å². The number of nitrogens with zero attached hydrogens (tertiary/aromatic N) is 4. The van der Waals surface area contributed by atoms with E-state index in [-0.39, 0.29) is 23.7 Å². The SMILES string of the molecule is CCNC(=NCCCN1CCCC(C(N)=O)C1)NC1CCN(c2ncccc2F)C1. The van der Waals surface area contributed by atoms with Crippen LogP contribution in [0.5, 0.6) is 0 Å². The summed E-state index contributed by atoms with van der Waals surface area (Å²) in [6, 6.07) is 3.25. The van der Waals surface area contributed by atoms with Crippen LogP contribution in [-0.2, 0) is 4.79 Å². The minimum Gasteiger partial charge on any atom is -0.369 e. The summed E-state index contributed by atoms with van der Waals surface area (Å²) in [6.45, 7) is 7.69. The van der Waals surface area contributed by atoms with Gasteiger partial charge < -0.3 is 26.2 Å². The Morgan fingerprint density at radius 2 is 2.23 bits per heavy atom. The van der Waals surface area contributed by atoms with Crippen LogP contribution in [0.1, 0.15) is 32.6 Å². The third-order valence-corrected chi connectivity index (χ3v) is 5.72. The monoisotopic (exact) mass is 419 g/mol. The number of likely N-dealkylation sites (tertiary alicyclic amines) is 1. The van der Waals surface area contributed by atoms with Crippen molar-refractivity contribution in [1.82, 2.24) is 20.5 Å². The molecule has 0 aliphatic carbocycles. The Hall–Kier alpha value is -2.42. The van der Waals surface area contributed by atoms with Gasteiger partial charge in [-0.05, 0) is 57.8 Å². The summed E-state index contributed by atoms with van der Waals surface area (Å²) in [5, 5.41) is 6.76. The highest BCUT2D eigenvalue weighted by atomic mass is 19.1. The molecule has 0 bridgehead atoms. The highest BCUT2D eigenvalue weighted by Gasteiger charge is 2.26. The lowest BCUT2D eigenvalue weighted by Gasteiger charge is -2.30. The Morgan fingerprint density at radius 3 is 3.00 bits per heavy atom. The van der Waals surface area contributed by atoms with Gasteiger partial charge in [-0.15, -0.1) is 0 Å². The summed E-state index contributed by atoms with van der Waals surface area (Å²) in [5.74, 6) is 0.720. The molecule has 2 aliphatic heterocycles. The molecule has 166 valence electrons.